The fourth-order valence-corrected chi connectivity index (χ4v) is 5.65. The van der Waals surface area contributed by atoms with Crippen molar-refractivity contribution in [2.45, 2.75) is 83.8 Å². The number of likely N-dealkylation sites (tertiary alicyclic amines) is 1. The summed E-state index contributed by atoms with van der Waals surface area (Å²) in [5.41, 5.74) is 2.88. The molecule has 1 aliphatic rings. The second kappa shape index (κ2) is 19.9. The number of sulfonamides is 1. The summed E-state index contributed by atoms with van der Waals surface area (Å²) in [6, 6.07) is -0.607. The van der Waals surface area contributed by atoms with Crippen LogP contribution < -0.4 is 20.5 Å². The molecule has 4 N–H and O–H groups in total. The molecule has 0 unspecified atom stereocenters. The van der Waals surface area contributed by atoms with Gasteiger partial charge in [0, 0.05) is 6.54 Å². The van der Waals surface area contributed by atoms with Crippen molar-refractivity contribution in [1.29, 1.82) is 0 Å². The molecule has 0 radical (unpaired) electrons. The summed E-state index contributed by atoms with van der Waals surface area (Å²) in [6.07, 6.45) is -2.81. The monoisotopic (exact) mass is 654 g/mol. The van der Waals surface area contributed by atoms with Gasteiger partial charge in [-0.25, -0.2) is 17.9 Å². The molecular weight excluding hydrogens is 609 g/mol. The Balaban J connectivity index is 0.00000443. The molecule has 1 aliphatic heterocycles. The normalized spacial score (nSPS) is 15.8. The fourth-order valence-electron chi connectivity index (χ4n) is 4.28. The van der Waals surface area contributed by atoms with Gasteiger partial charge in [-0.2, -0.15) is 13.2 Å². The first-order valence-corrected chi connectivity index (χ1v) is 16.0. The topological polar surface area (TPSA) is 174 Å². The van der Waals surface area contributed by atoms with Crippen LogP contribution in [0.3, 0.4) is 0 Å². The number of ether oxygens (including phenoxy) is 2. The number of rotatable bonds is 13. The molecule has 2 rings (SSSR count). The average Bonchev–Trinajstić information content (AvgIpc) is 3.15. The maximum Gasteiger partial charge on any atom is 0.420 e. The molecule has 0 aliphatic carbocycles. The van der Waals surface area contributed by atoms with E-state index in [-0.39, 0.29) is 18.5 Å². The van der Waals surface area contributed by atoms with Gasteiger partial charge in [0.1, 0.15) is 23.6 Å². The van der Waals surface area contributed by atoms with Crippen molar-refractivity contribution in [3.05, 3.63) is 28.8 Å². The van der Waals surface area contributed by atoms with E-state index >= 15 is 0 Å². The van der Waals surface area contributed by atoms with Crippen LogP contribution in [0.2, 0.25) is 0 Å². The lowest BCUT2D eigenvalue weighted by atomic mass is 10.0. The largest absolute Gasteiger partial charge is 0.496 e. The SMILES string of the molecule is CC.CC.COC(=O)c1cc(CS(=O)(=O)N[C@H]2CCCCN(CC(=O)N[C@H](C=O)CCCN)C2=O)c(C(F)(F)F)c(OC)c1. The molecular formula is C28H45F3N4O8S. The van der Waals surface area contributed by atoms with Crippen molar-refractivity contribution < 1.29 is 50.2 Å². The molecule has 44 heavy (non-hydrogen) atoms. The number of carbonyl (C=O) groups is 4. The molecule has 1 heterocycles. The molecule has 0 spiro atoms. The van der Waals surface area contributed by atoms with E-state index in [0.717, 1.165) is 31.3 Å². The third kappa shape index (κ3) is 12.8. The predicted molar refractivity (Wildman–Crippen MR) is 158 cm³/mol. The number of nitrogens with one attached hydrogen (secondary N) is 2. The summed E-state index contributed by atoms with van der Waals surface area (Å²) < 4.78 is 79.2. The van der Waals surface area contributed by atoms with Crippen molar-refractivity contribution >= 4 is 34.1 Å². The maximum atomic E-state index is 13.9. The predicted octanol–water partition coefficient (Wildman–Crippen LogP) is 2.78. The summed E-state index contributed by atoms with van der Waals surface area (Å²) in [5, 5.41) is 2.48. The Bertz CT molecular complexity index is 1200. The number of aldehydes is 1. The number of nitrogens with two attached hydrogens (primary N) is 1. The fraction of sp³-hybridized carbons (Fsp3) is 0.643. The summed E-state index contributed by atoms with van der Waals surface area (Å²) in [7, 11) is -2.64. The average molecular weight is 655 g/mol. The highest BCUT2D eigenvalue weighted by Crippen LogP contribution is 2.40. The Morgan fingerprint density at radius 1 is 1.16 bits per heavy atom. The third-order valence-electron chi connectivity index (χ3n) is 6.12. The van der Waals surface area contributed by atoms with E-state index in [9.17, 15) is 40.8 Å². The third-order valence-corrected chi connectivity index (χ3v) is 7.46. The number of carbonyl (C=O) groups excluding carboxylic acids is 4. The zero-order valence-corrected chi connectivity index (χ0v) is 26.9. The highest BCUT2D eigenvalue weighted by atomic mass is 32.2. The molecule has 252 valence electrons. The van der Waals surface area contributed by atoms with Crippen LogP contribution in [0, 0.1) is 0 Å². The molecule has 1 aromatic carbocycles. The lowest BCUT2D eigenvalue weighted by molar-refractivity contribution is -0.139. The number of halogens is 3. The quantitative estimate of drug-likeness (QED) is 0.213. The summed E-state index contributed by atoms with van der Waals surface area (Å²) in [6.45, 7) is 8.01. The van der Waals surface area contributed by atoms with E-state index in [1.165, 1.54) is 0 Å². The second-order valence-corrected chi connectivity index (χ2v) is 10.9. The highest BCUT2D eigenvalue weighted by molar-refractivity contribution is 7.88. The molecule has 0 saturated carbocycles. The van der Waals surface area contributed by atoms with E-state index in [4.69, 9.17) is 10.5 Å². The number of methoxy groups -OCH3 is 2. The van der Waals surface area contributed by atoms with E-state index in [2.05, 4.69) is 14.8 Å². The van der Waals surface area contributed by atoms with Gasteiger partial charge in [-0.1, -0.05) is 27.7 Å². The lowest BCUT2D eigenvalue weighted by Gasteiger charge is -2.25. The van der Waals surface area contributed by atoms with E-state index < -0.39 is 75.2 Å². The van der Waals surface area contributed by atoms with Crippen molar-refractivity contribution in [3.63, 3.8) is 0 Å². The van der Waals surface area contributed by atoms with Gasteiger partial charge in [0.05, 0.1) is 38.1 Å². The van der Waals surface area contributed by atoms with Crippen LogP contribution in [0.25, 0.3) is 0 Å². The minimum Gasteiger partial charge on any atom is -0.496 e. The number of esters is 1. The van der Waals surface area contributed by atoms with Crippen LogP contribution in [-0.4, -0.2) is 83.3 Å². The first-order valence-electron chi connectivity index (χ1n) is 14.4. The van der Waals surface area contributed by atoms with Crippen LogP contribution in [-0.2, 0) is 41.1 Å². The summed E-state index contributed by atoms with van der Waals surface area (Å²) >= 11 is 0. The van der Waals surface area contributed by atoms with Gasteiger partial charge < -0.3 is 30.2 Å². The van der Waals surface area contributed by atoms with Crippen LogP contribution in [0.15, 0.2) is 12.1 Å². The molecule has 1 fully saturated rings. The minimum atomic E-state index is -5.03. The molecule has 12 nitrogen and oxygen atoms in total. The van der Waals surface area contributed by atoms with Gasteiger partial charge in [-0.3, -0.25) is 9.59 Å². The van der Waals surface area contributed by atoms with Gasteiger partial charge in [-0.05, 0) is 56.3 Å². The summed E-state index contributed by atoms with van der Waals surface area (Å²) in [4.78, 5) is 49.9. The van der Waals surface area contributed by atoms with Gasteiger partial charge in [0.25, 0.3) is 0 Å². The number of amides is 2. The Morgan fingerprint density at radius 2 is 1.80 bits per heavy atom. The van der Waals surface area contributed by atoms with E-state index in [1.54, 1.807) is 0 Å². The second-order valence-electron chi connectivity index (χ2n) is 9.13. The minimum absolute atomic E-state index is 0.0430. The molecule has 2 atom stereocenters. The standard InChI is InChI=1S/C24H33F3N4O8S.2C2H6/c1-38-19-11-15(23(35)39-2)10-16(21(19)24(25,26)27)14-40(36,37)30-18-7-3-4-9-31(22(18)34)12-20(33)29-17(13-32)6-5-8-28;2*1-2/h10-11,13,17-18,30H,3-9,12,14,28H2,1-2H3,(H,29,33);2*1-2H3/t17-,18-;;/m0../s1. The molecule has 0 aromatic heterocycles. The Kier molecular flexibility index (Phi) is 18.5. The van der Waals surface area contributed by atoms with Crippen LogP contribution in [0.5, 0.6) is 5.75 Å². The first-order chi connectivity index (χ1) is 20.8. The van der Waals surface area contributed by atoms with E-state index in [0.29, 0.717) is 38.5 Å². The van der Waals surface area contributed by atoms with Crippen LogP contribution >= 0.6 is 0 Å². The van der Waals surface area contributed by atoms with Crippen LogP contribution in [0.4, 0.5) is 13.2 Å². The zero-order chi connectivity index (χ0) is 34.1. The van der Waals surface area contributed by atoms with Crippen LogP contribution in [0.1, 0.15) is 81.3 Å². The van der Waals surface area contributed by atoms with Gasteiger partial charge >= 0.3 is 12.1 Å². The number of hydrogen-bond acceptors (Lipinski definition) is 9. The lowest BCUT2D eigenvalue weighted by Crippen LogP contribution is -2.51. The van der Waals surface area contributed by atoms with Gasteiger partial charge in [0.15, 0.2) is 0 Å². The van der Waals surface area contributed by atoms with Crippen molar-refractivity contribution in [1.82, 2.24) is 14.9 Å². The van der Waals surface area contributed by atoms with Gasteiger partial charge in [0.2, 0.25) is 21.8 Å². The first kappa shape index (κ1) is 40.8. The maximum absolute atomic E-state index is 13.9. The molecule has 0 bridgehead atoms. The summed E-state index contributed by atoms with van der Waals surface area (Å²) in [5.74, 6) is -4.38. The van der Waals surface area contributed by atoms with Crippen molar-refractivity contribution in [2.24, 2.45) is 5.73 Å². The van der Waals surface area contributed by atoms with E-state index in [1.807, 2.05) is 27.7 Å². The molecule has 2 amide bonds. The Morgan fingerprint density at radius 3 is 2.32 bits per heavy atom. The van der Waals surface area contributed by atoms with Crippen molar-refractivity contribution in [2.75, 3.05) is 33.9 Å². The Hall–Kier alpha value is -3.24. The number of nitrogens with zero attached hydrogens (tertiary/aromatic N) is 1. The zero-order valence-electron chi connectivity index (χ0n) is 26.1. The smallest absolute Gasteiger partial charge is 0.420 e. The molecule has 16 heteroatoms. The number of benzene rings is 1. The van der Waals surface area contributed by atoms with Crippen molar-refractivity contribution in [3.8, 4) is 5.75 Å². The van der Waals surface area contributed by atoms with Gasteiger partial charge in [-0.15, -0.1) is 0 Å². The number of hydrogen-bond donors (Lipinski definition) is 3. The molecule has 1 saturated heterocycles. The molecule has 1 aromatic rings. The highest BCUT2D eigenvalue weighted by Gasteiger charge is 2.40. The number of alkyl halides is 3. The Labute approximate surface area is 257 Å².